The van der Waals surface area contributed by atoms with Gasteiger partial charge < -0.3 is 18.8 Å². The summed E-state index contributed by atoms with van der Waals surface area (Å²) in [6, 6.07) is 7.64. The van der Waals surface area contributed by atoms with E-state index in [1.807, 2.05) is 31.3 Å². The summed E-state index contributed by atoms with van der Waals surface area (Å²) in [6.45, 7) is 2.56. The number of imidazole rings is 1. The average Bonchev–Trinajstić information content (AvgIpc) is 3.43. The lowest BCUT2D eigenvalue weighted by molar-refractivity contribution is 0.0631. The van der Waals surface area contributed by atoms with Crippen LogP contribution in [0.1, 0.15) is 18.5 Å². The highest BCUT2D eigenvalue weighted by Crippen LogP contribution is 2.33. The second-order valence-corrected chi connectivity index (χ2v) is 10.0. The Morgan fingerprint density at radius 2 is 2.03 bits per heavy atom. The van der Waals surface area contributed by atoms with Gasteiger partial charge in [-0.05, 0) is 37.9 Å². The zero-order valence-corrected chi connectivity index (χ0v) is 18.3. The third-order valence-electron chi connectivity index (χ3n) is 5.37. The van der Waals surface area contributed by atoms with Crippen LogP contribution in [0.25, 0.3) is 0 Å². The fourth-order valence-electron chi connectivity index (χ4n) is 3.70. The van der Waals surface area contributed by atoms with E-state index in [4.69, 9.17) is 14.2 Å². The summed E-state index contributed by atoms with van der Waals surface area (Å²) in [7, 11) is 0.192. The van der Waals surface area contributed by atoms with Gasteiger partial charge in [0.25, 0.3) is 0 Å². The van der Waals surface area contributed by atoms with E-state index in [1.165, 1.54) is 0 Å². The van der Waals surface area contributed by atoms with Crippen LogP contribution in [-0.2, 0) is 27.7 Å². The number of hydrogen-bond acceptors (Lipinski definition) is 7. The Kier molecular flexibility index (Phi) is 6.31. The molecule has 2 heterocycles. The van der Waals surface area contributed by atoms with Crippen molar-refractivity contribution in [3.63, 3.8) is 0 Å². The monoisotopic (exact) mass is 435 g/mol. The highest BCUT2D eigenvalue weighted by molar-refractivity contribution is 7.91. The SMILES string of the molecule is COCCn1c(CN(C)CC2COc3ccccc3O2)cnc1S(=O)(=O)CC1CC1. The van der Waals surface area contributed by atoms with Crippen molar-refractivity contribution < 1.29 is 22.6 Å². The lowest BCUT2D eigenvalue weighted by Gasteiger charge is -2.29. The average molecular weight is 436 g/mol. The summed E-state index contributed by atoms with van der Waals surface area (Å²) in [6.07, 6.45) is 3.54. The maximum Gasteiger partial charge on any atom is 0.227 e. The predicted molar refractivity (Wildman–Crippen MR) is 112 cm³/mol. The summed E-state index contributed by atoms with van der Waals surface area (Å²) in [5.41, 5.74) is 0.848. The Hall–Kier alpha value is -2.10. The summed E-state index contributed by atoms with van der Waals surface area (Å²) >= 11 is 0. The smallest absolute Gasteiger partial charge is 0.227 e. The van der Waals surface area contributed by atoms with Crippen LogP contribution in [0, 0.1) is 5.92 Å². The van der Waals surface area contributed by atoms with Gasteiger partial charge in [0.2, 0.25) is 15.0 Å². The molecule has 4 rings (SSSR count). The van der Waals surface area contributed by atoms with E-state index < -0.39 is 9.84 Å². The minimum atomic E-state index is -3.40. The molecule has 0 radical (unpaired) electrons. The van der Waals surface area contributed by atoms with Gasteiger partial charge in [-0.25, -0.2) is 13.4 Å². The van der Waals surface area contributed by atoms with Crippen LogP contribution in [-0.4, -0.2) is 68.6 Å². The molecule has 0 N–H and O–H groups in total. The molecule has 0 amide bonds. The first-order chi connectivity index (χ1) is 14.5. The molecule has 9 heteroatoms. The van der Waals surface area contributed by atoms with E-state index in [1.54, 1.807) is 17.9 Å². The van der Waals surface area contributed by atoms with Gasteiger partial charge in [0.05, 0.1) is 24.3 Å². The number of aromatic nitrogens is 2. The second kappa shape index (κ2) is 8.95. The quantitative estimate of drug-likeness (QED) is 0.564. The van der Waals surface area contributed by atoms with E-state index in [2.05, 4.69) is 9.88 Å². The molecule has 2 aliphatic rings. The molecule has 164 valence electrons. The molecular weight excluding hydrogens is 406 g/mol. The van der Waals surface area contributed by atoms with Gasteiger partial charge in [0, 0.05) is 26.7 Å². The standard InChI is InChI=1S/C21H29N3O5S/c1-23(13-18-14-28-19-5-3-4-6-20(19)29-18)12-17-11-22-21(24(17)9-10-27-2)30(25,26)15-16-7-8-16/h3-6,11,16,18H,7-10,12-15H2,1-2H3. The first-order valence-corrected chi connectivity index (χ1v) is 11.9. The summed E-state index contributed by atoms with van der Waals surface area (Å²) in [5, 5.41) is 0.154. The van der Waals surface area contributed by atoms with Gasteiger partial charge in [-0.2, -0.15) is 0 Å². The first-order valence-electron chi connectivity index (χ1n) is 10.3. The van der Waals surface area contributed by atoms with Crippen molar-refractivity contribution in [3.8, 4) is 11.5 Å². The number of benzene rings is 1. The number of likely N-dealkylation sites (N-methyl/N-ethyl adjacent to an activating group) is 1. The van der Waals surface area contributed by atoms with Gasteiger partial charge in [0.1, 0.15) is 12.7 Å². The topological polar surface area (TPSA) is 82.9 Å². The van der Waals surface area contributed by atoms with Crippen molar-refractivity contribution in [1.82, 2.24) is 14.5 Å². The van der Waals surface area contributed by atoms with Gasteiger partial charge in [-0.3, -0.25) is 4.90 Å². The largest absolute Gasteiger partial charge is 0.486 e. The van der Waals surface area contributed by atoms with Crippen LogP contribution in [0.2, 0.25) is 0 Å². The minimum Gasteiger partial charge on any atom is -0.486 e. The molecule has 30 heavy (non-hydrogen) atoms. The lowest BCUT2D eigenvalue weighted by atomic mass is 10.2. The maximum absolute atomic E-state index is 12.8. The van der Waals surface area contributed by atoms with Crippen LogP contribution in [0.15, 0.2) is 35.6 Å². The van der Waals surface area contributed by atoms with Crippen LogP contribution in [0.3, 0.4) is 0 Å². The number of methoxy groups -OCH3 is 1. The molecule has 1 saturated carbocycles. The Balaban J connectivity index is 1.44. The fraction of sp³-hybridized carbons (Fsp3) is 0.571. The van der Waals surface area contributed by atoms with E-state index in [0.717, 1.165) is 30.0 Å². The fourth-order valence-corrected chi connectivity index (χ4v) is 5.56. The van der Waals surface area contributed by atoms with Gasteiger partial charge in [0.15, 0.2) is 11.5 Å². The molecule has 1 atom stereocenters. The molecule has 8 nitrogen and oxygen atoms in total. The Labute approximate surface area is 177 Å². The molecule has 0 bridgehead atoms. The number of rotatable bonds is 10. The summed E-state index contributed by atoms with van der Waals surface area (Å²) in [4.78, 5) is 6.38. The Morgan fingerprint density at radius 3 is 2.77 bits per heavy atom. The molecule has 1 unspecified atom stereocenters. The maximum atomic E-state index is 12.8. The summed E-state index contributed by atoms with van der Waals surface area (Å²) in [5.74, 6) is 1.97. The van der Waals surface area contributed by atoms with Crippen molar-refractivity contribution in [2.45, 2.75) is 37.2 Å². The van der Waals surface area contributed by atoms with Crippen LogP contribution < -0.4 is 9.47 Å². The Morgan fingerprint density at radius 1 is 1.27 bits per heavy atom. The number of nitrogens with zero attached hydrogens (tertiary/aromatic N) is 3. The van der Waals surface area contributed by atoms with Crippen molar-refractivity contribution in [1.29, 1.82) is 0 Å². The predicted octanol–water partition coefficient (Wildman–Crippen LogP) is 1.98. The van der Waals surface area contributed by atoms with E-state index in [-0.39, 0.29) is 22.9 Å². The van der Waals surface area contributed by atoms with Crippen molar-refractivity contribution in [2.24, 2.45) is 5.92 Å². The molecule has 0 spiro atoms. The van der Waals surface area contributed by atoms with Crippen molar-refractivity contribution in [2.75, 3.05) is 39.7 Å². The normalized spacial score (nSPS) is 18.7. The molecule has 1 aliphatic carbocycles. The Bertz CT molecular complexity index is 971. The van der Waals surface area contributed by atoms with Crippen molar-refractivity contribution in [3.05, 3.63) is 36.2 Å². The number of hydrogen-bond donors (Lipinski definition) is 0. The molecule has 1 fully saturated rings. The lowest BCUT2D eigenvalue weighted by Crippen LogP contribution is -2.39. The van der Waals surface area contributed by atoms with E-state index >= 15 is 0 Å². The van der Waals surface area contributed by atoms with Crippen LogP contribution >= 0.6 is 0 Å². The van der Waals surface area contributed by atoms with E-state index in [0.29, 0.717) is 32.8 Å². The first kappa shape index (κ1) is 21.1. The number of fused-ring (bicyclic) bond motifs is 1. The number of ether oxygens (including phenoxy) is 3. The molecule has 2 aromatic rings. The molecular formula is C21H29N3O5S. The molecule has 0 saturated heterocycles. The highest BCUT2D eigenvalue weighted by Gasteiger charge is 2.32. The van der Waals surface area contributed by atoms with Gasteiger partial charge >= 0.3 is 0 Å². The second-order valence-electron chi connectivity index (χ2n) is 8.10. The molecule has 1 aliphatic heterocycles. The van der Waals surface area contributed by atoms with Gasteiger partial charge in [-0.15, -0.1) is 0 Å². The minimum absolute atomic E-state index is 0.0988. The van der Waals surface area contributed by atoms with Crippen LogP contribution in [0.5, 0.6) is 11.5 Å². The molecule has 1 aromatic heterocycles. The third kappa shape index (κ3) is 4.96. The number of sulfone groups is 1. The zero-order valence-electron chi connectivity index (χ0n) is 17.5. The van der Waals surface area contributed by atoms with Crippen LogP contribution in [0.4, 0.5) is 0 Å². The molecule has 1 aromatic carbocycles. The van der Waals surface area contributed by atoms with Gasteiger partial charge in [-0.1, -0.05) is 12.1 Å². The zero-order chi connectivity index (χ0) is 21.1. The number of para-hydroxylation sites is 2. The summed E-state index contributed by atoms with van der Waals surface area (Å²) < 4.78 is 44.5. The van der Waals surface area contributed by atoms with Crippen molar-refractivity contribution >= 4 is 9.84 Å². The third-order valence-corrected chi connectivity index (χ3v) is 7.16. The highest BCUT2D eigenvalue weighted by atomic mass is 32.2. The van der Waals surface area contributed by atoms with E-state index in [9.17, 15) is 8.42 Å².